The lowest BCUT2D eigenvalue weighted by Crippen LogP contribution is -2.06. The molecule has 1 N–H and O–H groups in total. The predicted octanol–water partition coefficient (Wildman–Crippen LogP) is 8.54. The fraction of sp³-hybridized carbons (Fsp3) is 0.167. The maximum atomic E-state index is 12.9. The number of esters is 1. The summed E-state index contributed by atoms with van der Waals surface area (Å²) in [5.41, 5.74) is 0.585. The van der Waals surface area contributed by atoms with E-state index in [1.807, 2.05) is 30.3 Å². The summed E-state index contributed by atoms with van der Waals surface area (Å²) in [5.74, 6) is -1.09. The minimum absolute atomic E-state index is 0.0837. The summed E-state index contributed by atoms with van der Waals surface area (Å²) in [7, 11) is 0. The van der Waals surface area contributed by atoms with E-state index in [0.29, 0.717) is 18.2 Å². The van der Waals surface area contributed by atoms with E-state index in [-0.39, 0.29) is 18.5 Å². The van der Waals surface area contributed by atoms with Crippen molar-refractivity contribution in [1.82, 2.24) is 9.97 Å². The number of carbonyl (C=O) groups is 1. The van der Waals surface area contributed by atoms with Gasteiger partial charge in [-0.25, -0.2) is 14.8 Å². The summed E-state index contributed by atoms with van der Waals surface area (Å²) >= 11 is 1.48. The standard InChI is InChI=1S/C24H18F3NO3S.C6H4F3NO/c1-2-30-23(29)17-7-3-5-15(11-17)20-8-4-6-16-12-19(32-22(16)20)14-31-21-13-18(9-10-28-21)24(25,26)27;7-6(8,9)4-1-2-10-5(11)3-4/h3-13H,2,14H2,1H3;1-3H,(H,10,11). The van der Waals surface area contributed by atoms with Crippen molar-refractivity contribution < 1.29 is 45.7 Å². The Morgan fingerprint density at radius 3 is 2.19 bits per heavy atom. The van der Waals surface area contributed by atoms with Crippen molar-refractivity contribution in [3.8, 4) is 22.9 Å². The van der Waals surface area contributed by atoms with Crippen LogP contribution in [0.4, 0.5) is 26.3 Å². The van der Waals surface area contributed by atoms with Crippen LogP contribution in [0, 0.1) is 0 Å². The summed E-state index contributed by atoms with van der Waals surface area (Å²) in [6, 6.07) is 18.1. The number of benzene rings is 2. The summed E-state index contributed by atoms with van der Waals surface area (Å²) < 4.78 is 85.7. The van der Waals surface area contributed by atoms with Gasteiger partial charge in [0.05, 0.1) is 23.3 Å². The highest BCUT2D eigenvalue weighted by Crippen LogP contribution is 2.36. The molecule has 43 heavy (non-hydrogen) atoms. The van der Waals surface area contributed by atoms with Crippen LogP contribution < -0.4 is 4.74 Å². The molecule has 0 atom stereocenters. The summed E-state index contributed by atoms with van der Waals surface area (Å²) in [6.45, 7) is 2.15. The third-order valence-electron chi connectivity index (χ3n) is 5.78. The Balaban J connectivity index is 0.000000324. The number of aromatic nitrogens is 2. The molecular formula is C30H22F6N2O4S. The van der Waals surface area contributed by atoms with E-state index in [2.05, 4.69) is 9.97 Å². The van der Waals surface area contributed by atoms with Gasteiger partial charge < -0.3 is 14.6 Å². The van der Waals surface area contributed by atoms with Crippen LogP contribution in [0.15, 0.2) is 85.2 Å². The molecule has 0 aliphatic heterocycles. The average molecular weight is 621 g/mol. The van der Waals surface area contributed by atoms with Crippen LogP contribution in [0.3, 0.4) is 0 Å². The average Bonchev–Trinajstić information content (AvgIpc) is 3.39. The second kappa shape index (κ2) is 13.1. The van der Waals surface area contributed by atoms with Crippen molar-refractivity contribution in [2.24, 2.45) is 0 Å². The molecule has 5 rings (SSSR count). The molecule has 0 bridgehead atoms. The molecule has 224 valence electrons. The van der Waals surface area contributed by atoms with Crippen LogP contribution in [0.2, 0.25) is 0 Å². The van der Waals surface area contributed by atoms with E-state index in [9.17, 15) is 31.1 Å². The lowest BCUT2D eigenvalue weighted by Gasteiger charge is -2.08. The van der Waals surface area contributed by atoms with Gasteiger partial charge in [-0.3, -0.25) is 0 Å². The van der Waals surface area contributed by atoms with Gasteiger partial charge in [-0.05, 0) is 53.8 Å². The number of thiophene rings is 1. The molecule has 13 heteroatoms. The number of nitrogens with zero attached hydrogens (tertiary/aromatic N) is 2. The number of aromatic hydroxyl groups is 1. The zero-order valence-electron chi connectivity index (χ0n) is 22.2. The molecule has 2 aromatic carbocycles. The maximum absolute atomic E-state index is 12.9. The summed E-state index contributed by atoms with van der Waals surface area (Å²) in [6.07, 6.45) is -6.89. The quantitative estimate of drug-likeness (QED) is 0.151. The molecule has 0 saturated carbocycles. The highest BCUT2D eigenvalue weighted by atomic mass is 32.1. The third kappa shape index (κ3) is 8.22. The highest BCUT2D eigenvalue weighted by molar-refractivity contribution is 7.19. The van der Waals surface area contributed by atoms with Crippen LogP contribution in [0.1, 0.15) is 33.3 Å². The molecular weight excluding hydrogens is 598 g/mol. The second-order valence-electron chi connectivity index (χ2n) is 8.81. The Labute approximate surface area is 245 Å². The first-order chi connectivity index (χ1) is 20.3. The minimum atomic E-state index is -4.45. The molecule has 0 unspecified atom stereocenters. The van der Waals surface area contributed by atoms with Crippen LogP contribution >= 0.6 is 11.3 Å². The molecule has 0 amide bonds. The predicted molar refractivity (Wildman–Crippen MR) is 148 cm³/mol. The fourth-order valence-corrected chi connectivity index (χ4v) is 4.95. The molecule has 0 saturated heterocycles. The number of pyridine rings is 2. The van der Waals surface area contributed by atoms with Gasteiger partial charge in [0, 0.05) is 34.1 Å². The largest absolute Gasteiger partial charge is 0.493 e. The number of ether oxygens (including phenoxy) is 2. The van der Waals surface area contributed by atoms with Gasteiger partial charge in [-0.1, -0.05) is 30.3 Å². The summed E-state index contributed by atoms with van der Waals surface area (Å²) in [5, 5.41) is 9.54. The minimum Gasteiger partial charge on any atom is -0.493 e. The Bertz CT molecular complexity index is 1720. The zero-order valence-corrected chi connectivity index (χ0v) is 23.1. The van der Waals surface area contributed by atoms with E-state index >= 15 is 0 Å². The number of fused-ring (bicyclic) bond motifs is 1. The number of alkyl halides is 6. The van der Waals surface area contributed by atoms with Gasteiger partial charge in [0.25, 0.3) is 0 Å². The molecule has 0 aliphatic carbocycles. The Morgan fingerprint density at radius 1 is 0.860 bits per heavy atom. The van der Waals surface area contributed by atoms with Crippen molar-refractivity contribution >= 4 is 27.4 Å². The van der Waals surface area contributed by atoms with Crippen molar-refractivity contribution in [2.75, 3.05) is 6.61 Å². The van der Waals surface area contributed by atoms with Gasteiger partial charge in [0.1, 0.15) is 6.61 Å². The highest BCUT2D eigenvalue weighted by Gasteiger charge is 2.31. The van der Waals surface area contributed by atoms with Gasteiger partial charge in [-0.15, -0.1) is 11.3 Å². The number of rotatable bonds is 6. The first kappa shape index (κ1) is 31.3. The molecule has 6 nitrogen and oxygen atoms in total. The lowest BCUT2D eigenvalue weighted by molar-refractivity contribution is -0.138. The fourth-order valence-electron chi connectivity index (χ4n) is 3.85. The van der Waals surface area contributed by atoms with Gasteiger partial charge >= 0.3 is 18.3 Å². The molecule has 0 spiro atoms. The van der Waals surface area contributed by atoms with Crippen molar-refractivity contribution in [3.05, 3.63) is 107 Å². The van der Waals surface area contributed by atoms with Gasteiger partial charge in [-0.2, -0.15) is 26.3 Å². The van der Waals surface area contributed by atoms with E-state index in [4.69, 9.17) is 14.6 Å². The Kier molecular flexibility index (Phi) is 9.54. The van der Waals surface area contributed by atoms with Gasteiger partial charge in [0.2, 0.25) is 11.8 Å². The first-order valence-corrected chi connectivity index (χ1v) is 13.3. The molecule has 0 fully saturated rings. The van der Waals surface area contributed by atoms with Crippen LogP contribution in [-0.4, -0.2) is 27.7 Å². The number of carbonyl (C=O) groups excluding carboxylic acids is 1. The topological polar surface area (TPSA) is 81.5 Å². The smallest absolute Gasteiger partial charge is 0.416 e. The molecule has 0 radical (unpaired) electrons. The Hall–Kier alpha value is -4.65. The molecule has 0 aliphatic rings. The normalized spacial score (nSPS) is 11.5. The van der Waals surface area contributed by atoms with E-state index in [0.717, 1.165) is 56.7 Å². The molecule has 3 aromatic heterocycles. The third-order valence-corrected chi connectivity index (χ3v) is 6.93. The number of halogens is 6. The Morgan fingerprint density at radius 2 is 1.53 bits per heavy atom. The van der Waals surface area contributed by atoms with E-state index in [1.54, 1.807) is 25.1 Å². The zero-order chi connectivity index (χ0) is 31.2. The van der Waals surface area contributed by atoms with E-state index < -0.39 is 29.4 Å². The monoisotopic (exact) mass is 620 g/mol. The van der Waals surface area contributed by atoms with Gasteiger partial charge in [0.15, 0.2) is 0 Å². The van der Waals surface area contributed by atoms with Crippen LogP contribution in [-0.2, 0) is 23.7 Å². The maximum Gasteiger partial charge on any atom is 0.416 e. The van der Waals surface area contributed by atoms with Crippen LogP contribution in [0.5, 0.6) is 11.8 Å². The molecule has 5 aromatic rings. The lowest BCUT2D eigenvalue weighted by atomic mass is 10.0. The second-order valence-corrected chi connectivity index (χ2v) is 9.94. The van der Waals surface area contributed by atoms with Crippen molar-refractivity contribution in [3.63, 3.8) is 0 Å². The number of hydrogen-bond donors (Lipinski definition) is 1. The number of hydrogen-bond acceptors (Lipinski definition) is 7. The SMILES string of the molecule is CCOC(=O)c1cccc(-c2cccc3cc(COc4cc(C(F)(F)F)ccn4)sc23)c1.Oc1cc(C(F)(F)F)ccn1. The van der Waals surface area contributed by atoms with Crippen molar-refractivity contribution in [1.29, 1.82) is 0 Å². The van der Waals surface area contributed by atoms with Crippen molar-refractivity contribution in [2.45, 2.75) is 25.9 Å². The van der Waals surface area contributed by atoms with Crippen LogP contribution in [0.25, 0.3) is 21.2 Å². The molecule has 3 heterocycles. The summed E-state index contributed by atoms with van der Waals surface area (Å²) in [4.78, 5) is 20.0. The van der Waals surface area contributed by atoms with E-state index in [1.165, 1.54) is 11.3 Å². The first-order valence-electron chi connectivity index (χ1n) is 12.5.